The van der Waals surface area contributed by atoms with Gasteiger partial charge in [0.25, 0.3) is 0 Å². The van der Waals surface area contributed by atoms with E-state index in [9.17, 15) is 8.42 Å². The quantitative estimate of drug-likeness (QED) is 0.830. The molecule has 0 N–H and O–H groups in total. The lowest BCUT2D eigenvalue weighted by molar-refractivity contribution is 0.209. The summed E-state index contributed by atoms with van der Waals surface area (Å²) in [7, 11) is -3.43. The second kappa shape index (κ2) is 6.75. The highest BCUT2D eigenvalue weighted by molar-refractivity contribution is 7.89. The number of sulfonamides is 1. The van der Waals surface area contributed by atoms with Gasteiger partial charge in [-0.15, -0.1) is 0 Å². The Morgan fingerprint density at radius 2 is 1.70 bits per heavy atom. The van der Waals surface area contributed by atoms with Crippen LogP contribution in [0.5, 0.6) is 0 Å². The Balaban J connectivity index is 1.84. The van der Waals surface area contributed by atoms with Crippen molar-refractivity contribution in [2.75, 3.05) is 44.2 Å². The van der Waals surface area contributed by atoms with Crippen LogP contribution in [0.25, 0.3) is 0 Å². The summed E-state index contributed by atoms with van der Waals surface area (Å²) in [6.45, 7) is 9.27. The molecule has 0 aromatic carbocycles. The van der Waals surface area contributed by atoms with Gasteiger partial charge < -0.3 is 4.90 Å². The summed E-state index contributed by atoms with van der Waals surface area (Å²) in [5.74, 6) is 0. The summed E-state index contributed by atoms with van der Waals surface area (Å²) in [5, 5.41) is 0. The monoisotopic (exact) mass is 338 g/mol. The molecule has 2 fully saturated rings. The first-order chi connectivity index (χ1) is 11.0. The van der Waals surface area contributed by atoms with Crippen molar-refractivity contribution >= 4 is 15.7 Å². The number of piperazine rings is 1. The first-order valence-electron chi connectivity index (χ1n) is 8.43. The Kier molecular flexibility index (Phi) is 4.89. The molecule has 128 valence electrons. The normalized spacial score (nSPS) is 21.3. The number of anilines is 1. The molecule has 0 saturated carbocycles. The minimum atomic E-state index is -3.43. The smallest absolute Gasteiger partial charge is 0.246 e. The predicted octanol–water partition coefficient (Wildman–Crippen LogP) is 1.40. The van der Waals surface area contributed by atoms with Crippen molar-refractivity contribution in [2.45, 2.75) is 37.6 Å². The van der Waals surface area contributed by atoms with Crippen LogP contribution in [0.15, 0.2) is 23.4 Å². The zero-order valence-electron chi connectivity index (χ0n) is 14.0. The Bertz CT molecular complexity index is 633. The fourth-order valence-electron chi connectivity index (χ4n) is 3.38. The molecule has 1 aromatic heterocycles. The molecule has 23 heavy (non-hydrogen) atoms. The molecule has 2 aliphatic rings. The highest BCUT2D eigenvalue weighted by Gasteiger charge is 2.31. The predicted molar refractivity (Wildman–Crippen MR) is 91.2 cm³/mol. The average Bonchev–Trinajstić information content (AvgIpc) is 3.10. The fraction of sp³-hybridized carbons (Fsp3) is 0.688. The van der Waals surface area contributed by atoms with E-state index < -0.39 is 10.0 Å². The van der Waals surface area contributed by atoms with Gasteiger partial charge in [0.1, 0.15) is 4.90 Å². The third-order valence-corrected chi connectivity index (χ3v) is 6.75. The van der Waals surface area contributed by atoms with E-state index in [0.29, 0.717) is 24.0 Å². The summed E-state index contributed by atoms with van der Waals surface area (Å²) < 4.78 is 27.4. The van der Waals surface area contributed by atoms with Crippen molar-refractivity contribution in [3.8, 4) is 0 Å². The van der Waals surface area contributed by atoms with Crippen LogP contribution >= 0.6 is 0 Å². The second-order valence-electron chi connectivity index (χ2n) is 6.57. The van der Waals surface area contributed by atoms with E-state index in [1.807, 2.05) is 6.07 Å². The van der Waals surface area contributed by atoms with E-state index in [4.69, 9.17) is 0 Å². The maximum absolute atomic E-state index is 12.9. The van der Waals surface area contributed by atoms with Crippen LogP contribution in [-0.4, -0.2) is 67.9 Å². The number of nitrogens with zero attached hydrogens (tertiary/aromatic N) is 4. The third-order valence-electron chi connectivity index (χ3n) is 4.83. The molecular formula is C16H26N4O2S. The summed E-state index contributed by atoms with van der Waals surface area (Å²) in [6, 6.07) is 2.37. The molecule has 0 radical (unpaired) electrons. The lowest BCUT2D eigenvalue weighted by Gasteiger charge is -2.38. The molecule has 0 atom stereocenters. The van der Waals surface area contributed by atoms with Crippen LogP contribution in [0.4, 0.5) is 5.69 Å². The zero-order valence-corrected chi connectivity index (χ0v) is 14.8. The zero-order chi connectivity index (χ0) is 16.4. The summed E-state index contributed by atoms with van der Waals surface area (Å²) in [6.07, 6.45) is 5.09. The molecule has 2 aliphatic heterocycles. The van der Waals surface area contributed by atoms with Gasteiger partial charge >= 0.3 is 0 Å². The number of hydrogen-bond donors (Lipinski definition) is 0. The number of pyridine rings is 1. The van der Waals surface area contributed by atoms with Crippen molar-refractivity contribution in [3.63, 3.8) is 0 Å². The van der Waals surface area contributed by atoms with Crippen LogP contribution in [0, 0.1) is 0 Å². The molecule has 0 spiro atoms. The fourth-order valence-corrected chi connectivity index (χ4v) is 5.05. The first-order valence-corrected chi connectivity index (χ1v) is 9.87. The maximum atomic E-state index is 12.9. The molecule has 6 nitrogen and oxygen atoms in total. The lowest BCUT2D eigenvalue weighted by Crippen LogP contribution is -2.49. The molecule has 0 aliphatic carbocycles. The third kappa shape index (κ3) is 3.36. The molecular weight excluding hydrogens is 312 g/mol. The Morgan fingerprint density at radius 1 is 1.04 bits per heavy atom. The standard InChI is InChI=1S/C16H26N4O2S/c1-14(2)18-9-11-19(12-10-18)15-5-6-17-13-16(15)23(21,22)20-7-3-4-8-20/h5-6,13-14H,3-4,7-12H2,1-2H3. The van der Waals surface area contributed by atoms with Crippen LogP contribution in [-0.2, 0) is 10.0 Å². The van der Waals surface area contributed by atoms with E-state index >= 15 is 0 Å². The van der Waals surface area contributed by atoms with Crippen LogP contribution < -0.4 is 4.90 Å². The van der Waals surface area contributed by atoms with Gasteiger partial charge in [0.05, 0.1) is 5.69 Å². The molecule has 0 amide bonds. The Hall–Kier alpha value is -1.18. The molecule has 0 unspecified atom stereocenters. The topological polar surface area (TPSA) is 56.8 Å². The number of hydrogen-bond acceptors (Lipinski definition) is 5. The van der Waals surface area contributed by atoms with Crippen LogP contribution in [0.2, 0.25) is 0 Å². The van der Waals surface area contributed by atoms with E-state index in [-0.39, 0.29) is 0 Å². The molecule has 0 bridgehead atoms. The minimum Gasteiger partial charge on any atom is -0.368 e. The van der Waals surface area contributed by atoms with E-state index in [0.717, 1.165) is 44.7 Å². The van der Waals surface area contributed by atoms with Gasteiger partial charge in [-0.1, -0.05) is 0 Å². The molecule has 3 rings (SSSR count). The second-order valence-corrected chi connectivity index (χ2v) is 8.48. The molecule has 7 heteroatoms. The SMILES string of the molecule is CC(C)N1CCN(c2ccncc2S(=O)(=O)N2CCCC2)CC1. The lowest BCUT2D eigenvalue weighted by atomic mass is 10.2. The first kappa shape index (κ1) is 16.7. The van der Waals surface area contributed by atoms with E-state index in [2.05, 4.69) is 28.6 Å². The van der Waals surface area contributed by atoms with Crippen molar-refractivity contribution < 1.29 is 8.42 Å². The molecule has 1 aromatic rings. The largest absolute Gasteiger partial charge is 0.368 e. The molecule has 3 heterocycles. The van der Waals surface area contributed by atoms with Gasteiger partial charge in [-0.05, 0) is 32.8 Å². The number of rotatable bonds is 4. The van der Waals surface area contributed by atoms with Crippen LogP contribution in [0.3, 0.4) is 0 Å². The minimum absolute atomic E-state index is 0.361. The van der Waals surface area contributed by atoms with Crippen LogP contribution in [0.1, 0.15) is 26.7 Å². The Morgan fingerprint density at radius 3 is 2.30 bits per heavy atom. The van der Waals surface area contributed by atoms with Crippen molar-refractivity contribution in [3.05, 3.63) is 18.5 Å². The van der Waals surface area contributed by atoms with Gasteiger partial charge in [-0.3, -0.25) is 9.88 Å². The van der Waals surface area contributed by atoms with E-state index in [1.165, 1.54) is 6.20 Å². The van der Waals surface area contributed by atoms with Gasteiger partial charge in [-0.2, -0.15) is 4.31 Å². The Labute approximate surface area is 139 Å². The van der Waals surface area contributed by atoms with Crippen molar-refractivity contribution in [2.24, 2.45) is 0 Å². The van der Waals surface area contributed by atoms with Gasteiger partial charge in [0.2, 0.25) is 10.0 Å². The van der Waals surface area contributed by atoms with Gasteiger partial charge in [0, 0.05) is 57.7 Å². The summed E-state index contributed by atoms with van der Waals surface area (Å²) in [4.78, 5) is 9.05. The summed E-state index contributed by atoms with van der Waals surface area (Å²) in [5.41, 5.74) is 0.801. The highest BCUT2D eigenvalue weighted by Crippen LogP contribution is 2.29. The van der Waals surface area contributed by atoms with Crippen molar-refractivity contribution in [1.29, 1.82) is 0 Å². The molecule has 2 saturated heterocycles. The van der Waals surface area contributed by atoms with Gasteiger partial charge in [-0.25, -0.2) is 8.42 Å². The van der Waals surface area contributed by atoms with Gasteiger partial charge in [0.15, 0.2) is 0 Å². The number of aromatic nitrogens is 1. The van der Waals surface area contributed by atoms with Crippen molar-refractivity contribution in [1.82, 2.24) is 14.2 Å². The van der Waals surface area contributed by atoms with E-state index in [1.54, 1.807) is 10.5 Å². The highest BCUT2D eigenvalue weighted by atomic mass is 32.2. The summed E-state index contributed by atoms with van der Waals surface area (Å²) >= 11 is 0. The maximum Gasteiger partial charge on any atom is 0.246 e. The average molecular weight is 338 g/mol.